The molecule has 0 radical (unpaired) electrons. The lowest BCUT2D eigenvalue weighted by Crippen LogP contribution is -2.50. The normalized spacial score (nSPS) is 19.5. The largest absolute Gasteiger partial charge is 0.496 e. The van der Waals surface area contributed by atoms with Gasteiger partial charge < -0.3 is 15.0 Å². The van der Waals surface area contributed by atoms with Gasteiger partial charge in [0.05, 0.1) is 18.4 Å². The minimum atomic E-state index is -0.0327. The van der Waals surface area contributed by atoms with Crippen LogP contribution in [0.1, 0.15) is 46.1 Å². The maximum Gasteiger partial charge on any atom is 0.257 e. The third-order valence-corrected chi connectivity index (χ3v) is 7.64. The lowest BCUT2D eigenvalue weighted by molar-refractivity contribution is 0.0442. The Balaban J connectivity index is 1.12. The number of nitrogens with zero attached hydrogens (tertiary/aromatic N) is 6. The standard InChI is InChI=1S/C28H32N8O2/c1-16-7-17(2)9-20(8-16)30-28-29-12-19-14-36(15-24(19)31-28)25-5-6-35(13-18(25)3)27(37)21-10-22-23(33-34-32-22)11-26(21)38-4/h7-12,18,25H,5-6,13-15H2,1-4H3,(H,29,30,31)(H,32,33,34)/t18-,25+/m0/s1. The number of anilines is 2. The molecule has 2 N–H and O–H groups in total. The first kappa shape index (κ1) is 24.3. The molecule has 2 aromatic carbocycles. The van der Waals surface area contributed by atoms with Crippen molar-refractivity contribution in [1.82, 2.24) is 35.2 Å². The van der Waals surface area contributed by atoms with Gasteiger partial charge in [-0.1, -0.05) is 13.0 Å². The first-order valence-electron chi connectivity index (χ1n) is 13.0. The summed E-state index contributed by atoms with van der Waals surface area (Å²) in [7, 11) is 1.57. The SMILES string of the molecule is COc1cc2n[nH]nc2cc1C(=O)N1CC[C@@H](N2Cc3cnc(Nc4cc(C)cc(C)c4)nc3C2)[C@@H](C)C1. The summed E-state index contributed by atoms with van der Waals surface area (Å²) >= 11 is 0. The van der Waals surface area contributed by atoms with Crippen LogP contribution in [-0.2, 0) is 13.1 Å². The summed E-state index contributed by atoms with van der Waals surface area (Å²) in [4.78, 5) is 27.3. The van der Waals surface area contributed by atoms with Crippen LogP contribution in [0.25, 0.3) is 11.0 Å². The summed E-state index contributed by atoms with van der Waals surface area (Å²) in [5, 5.41) is 14.2. The Hall–Kier alpha value is -4.05. The van der Waals surface area contributed by atoms with E-state index >= 15 is 0 Å². The van der Waals surface area contributed by atoms with Gasteiger partial charge in [-0.2, -0.15) is 15.4 Å². The molecular weight excluding hydrogens is 480 g/mol. The highest BCUT2D eigenvalue weighted by atomic mass is 16.5. The first-order chi connectivity index (χ1) is 18.4. The van der Waals surface area contributed by atoms with Crippen LogP contribution in [0.4, 0.5) is 11.6 Å². The lowest BCUT2D eigenvalue weighted by Gasteiger charge is -2.41. The lowest BCUT2D eigenvalue weighted by atomic mass is 9.92. The van der Waals surface area contributed by atoms with Gasteiger partial charge in [-0.05, 0) is 55.5 Å². The molecule has 0 unspecified atom stereocenters. The van der Waals surface area contributed by atoms with E-state index in [1.807, 2.05) is 11.1 Å². The quantitative estimate of drug-likeness (QED) is 0.413. The number of hydrogen-bond donors (Lipinski definition) is 2. The number of benzene rings is 2. The number of aromatic amines is 1. The second kappa shape index (κ2) is 9.68. The molecule has 10 heteroatoms. The number of hydrogen-bond acceptors (Lipinski definition) is 8. The number of carbonyl (C=O) groups excluding carboxylic acids is 1. The monoisotopic (exact) mass is 512 g/mol. The van der Waals surface area contributed by atoms with Crippen molar-refractivity contribution in [3.05, 3.63) is 64.5 Å². The van der Waals surface area contributed by atoms with E-state index in [0.29, 0.717) is 53.3 Å². The summed E-state index contributed by atoms with van der Waals surface area (Å²) in [6, 6.07) is 10.2. The van der Waals surface area contributed by atoms with Crippen molar-refractivity contribution in [2.45, 2.75) is 46.3 Å². The number of ether oxygens (including phenoxy) is 1. The van der Waals surface area contributed by atoms with Gasteiger partial charge in [-0.15, -0.1) is 0 Å². The van der Waals surface area contributed by atoms with E-state index in [9.17, 15) is 4.79 Å². The van der Waals surface area contributed by atoms with Crippen LogP contribution < -0.4 is 10.1 Å². The van der Waals surface area contributed by atoms with Crippen LogP contribution in [0.3, 0.4) is 0 Å². The predicted octanol–water partition coefficient (Wildman–Crippen LogP) is 3.98. The minimum Gasteiger partial charge on any atom is -0.496 e. The van der Waals surface area contributed by atoms with Crippen LogP contribution in [-0.4, -0.2) is 67.3 Å². The van der Waals surface area contributed by atoms with Crippen molar-refractivity contribution in [3.63, 3.8) is 0 Å². The summed E-state index contributed by atoms with van der Waals surface area (Å²) in [6.07, 6.45) is 2.85. The van der Waals surface area contributed by atoms with Crippen LogP contribution in [0.2, 0.25) is 0 Å². The van der Waals surface area contributed by atoms with Gasteiger partial charge in [0.15, 0.2) is 0 Å². The molecule has 196 valence electrons. The number of aromatic nitrogens is 5. The molecule has 6 rings (SSSR count). The zero-order valence-electron chi connectivity index (χ0n) is 22.2. The first-order valence-corrected chi connectivity index (χ1v) is 13.0. The Morgan fingerprint density at radius 2 is 1.84 bits per heavy atom. The van der Waals surface area contributed by atoms with Crippen LogP contribution in [0.15, 0.2) is 36.5 Å². The third-order valence-electron chi connectivity index (χ3n) is 7.64. The predicted molar refractivity (Wildman–Crippen MR) is 144 cm³/mol. The summed E-state index contributed by atoms with van der Waals surface area (Å²) in [6.45, 7) is 9.39. The maximum atomic E-state index is 13.5. The fourth-order valence-corrected chi connectivity index (χ4v) is 5.88. The highest BCUT2D eigenvalue weighted by molar-refractivity contribution is 6.00. The fourth-order valence-electron chi connectivity index (χ4n) is 5.88. The summed E-state index contributed by atoms with van der Waals surface area (Å²) in [5.74, 6) is 1.42. The number of carbonyl (C=O) groups is 1. The molecule has 2 aliphatic rings. The molecule has 0 spiro atoms. The molecule has 0 bridgehead atoms. The molecule has 2 aromatic heterocycles. The zero-order valence-corrected chi connectivity index (χ0v) is 22.2. The van der Waals surface area contributed by atoms with Crippen LogP contribution in [0, 0.1) is 19.8 Å². The van der Waals surface area contributed by atoms with Crippen molar-refractivity contribution in [3.8, 4) is 5.75 Å². The van der Waals surface area contributed by atoms with Gasteiger partial charge in [-0.25, -0.2) is 9.97 Å². The number of aryl methyl sites for hydroxylation is 2. The smallest absolute Gasteiger partial charge is 0.257 e. The number of methoxy groups -OCH3 is 1. The molecule has 0 saturated carbocycles. The van der Waals surface area contributed by atoms with Gasteiger partial charge in [0, 0.05) is 55.7 Å². The number of fused-ring (bicyclic) bond motifs is 2. The van der Waals surface area contributed by atoms with E-state index in [4.69, 9.17) is 9.72 Å². The third kappa shape index (κ3) is 4.56. The highest BCUT2D eigenvalue weighted by Gasteiger charge is 2.36. The molecule has 2 atom stereocenters. The second-order valence-corrected chi connectivity index (χ2v) is 10.5. The number of likely N-dealkylation sites (tertiary alicyclic amines) is 1. The number of amides is 1. The molecule has 4 heterocycles. The molecule has 1 fully saturated rings. The van der Waals surface area contributed by atoms with Gasteiger partial charge in [0.2, 0.25) is 5.95 Å². The van der Waals surface area contributed by atoms with Crippen molar-refractivity contribution in [2.24, 2.45) is 5.92 Å². The maximum absolute atomic E-state index is 13.5. The molecule has 1 saturated heterocycles. The van der Waals surface area contributed by atoms with Crippen LogP contribution >= 0.6 is 0 Å². The molecule has 10 nitrogen and oxygen atoms in total. The van der Waals surface area contributed by atoms with Crippen molar-refractivity contribution in [2.75, 3.05) is 25.5 Å². The Kier molecular flexibility index (Phi) is 6.19. The van der Waals surface area contributed by atoms with Crippen molar-refractivity contribution >= 4 is 28.6 Å². The van der Waals surface area contributed by atoms with Gasteiger partial charge >= 0.3 is 0 Å². The van der Waals surface area contributed by atoms with Gasteiger partial charge in [0.25, 0.3) is 5.91 Å². The molecule has 2 aliphatic heterocycles. The molecule has 1 amide bonds. The molecule has 0 aliphatic carbocycles. The molecular formula is C28H32N8O2. The van der Waals surface area contributed by atoms with E-state index < -0.39 is 0 Å². The van der Waals surface area contributed by atoms with E-state index in [1.54, 1.807) is 19.2 Å². The Morgan fingerprint density at radius 1 is 1.08 bits per heavy atom. The highest BCUT2D eigenvalue weighted by Crippen LogP contribution is 2.32. The number of H-pyrrole nitrogens is 1. The zero-order chi connectivity index (χ0) is 26.4. The number of nitrogens with one attached hydrogen (secondary N) is 2. The second-order valence-electron chi connectivity index (χ2n) is 10.5. The van der Waals surface area contributed by atoms with Crippen molar-refractivity contribution < 1.29 is 9.53 Å². The van der Waals surface area contributed by atoms with Gasteiger partial charge in [-0.3, -0.25) is 9.69 Å². The average Bonchev–Trinajstić information content (AvgIpc) is 3.52. The molecule has 38 heavy (non-hydrogen) atoms. The fraction of sp³-hybridized carbons (Fsp3) is 0.393. The van der Waals surface area contributed by atoms with Crippen molar-refractivity contribution in [1.29, 1.82) is 0 Å². The van der Waals surface area contributed by atoms with E-state index in [-0.39, 0.29) is 5.91 Å². The molecule has 4 aromatic rings. The van der Waals surface area contributed by atoms with Gasteiger partial charge in [0.1, 0.15) is 16.8 Å². The average molecular weight is 513 g/mol. The minimum absolute atomic E-state index is 0.0327. The van der Waals surface area contributed by atoms with Crippen LogP contribution in [0.5, 0.6) is 5.75 Å². The van der Waals surface area contributed by atoms with E-state index in [2.05, 4.69) is 69.6 Å². The Bertz CT molecular complexity index is 1500. The van der Waals surface area contributed by atoms with E-state index in [0.717, 1.165) is 30.9 Å². The summed E-state index contributed by atoms with van der Waals surface area (Å²) in [5.41, 5.74) is 7.51. The number of rotatable bonds is 5. The Labute approximate surface area is 221 Å². The number of piperidine rings is 1. The Morgan fingerprint density at radius 3 is 2.58 bits per heavy atom. The van der Waals surface area contributed by atoms with E-state index in [1.165, 1.54) is 16.7 Å². The summed E-state index contributed by atoms with van der Waals surface area (Å²) < 4.78 is 5.50. The topological polar surface area (TPSA) is 112 Å².